The van der Waals surface area contributed by atoms with Crippen LogP contribution in [0.4, 0.5) is 0 Å². The lowest BCUT2D eigenvalue weighted by molar-refractivity contribution is -0.167. The lowest BCUT2D eigenvalue weighted by Crippen LogP contribution is -2.30. The van der Waals surface area contributed by atoms with Gasteiger partial charge in [0.05, 0.1) is 0 Å². The number of ether oxygens (including phenoxy) is 3. The normalized spacial score (nSPS) is 12.8. The second-order valence-corrected chi connectivity index (χ2v) is 21.8. The van der Waals surface area contributed by atoms with Gasteiger partial charge in [-0.3, -0.25) is 14.4 Å². The Morgan fingerprint density at radius 3 is 0.765 bits per heavy atom. The molecule has 6 heteroatoms. The Labute approximate surface area is 425 Å². The van der Waals surface area contributed by atoms with Crippen molar-refractivity contribution >= 4 is 17.9 Å². The molecule has 0 amide bonds. The summed E-state index contributed by atoms with van der Waals surface area (Å²) < 4.78 is 16.9. The average molecular weight is 962 g/mol. The Morgan fingerprint density at radius 2 is 0.515 bits per heavy atom. The van der Waals surface area contributed by atoms with Crippen LogP contribution < -0.4 is 0 Å². The third-order valence-corrected chi connectivity index (χ3v) is 14.9. The fourth-order valence-electron chi connectivity index (χ4n) is 9.52. The molecule has 0 spiro atoms. The highest BCUT2D eigenvalue weighted by Gasteiger charge is 2.19. The number of carbonyl (C=O) groups is 3. The van der Waals surface area contributed by atoms with Gasteiger partial charge in [0.2, 0.25) is 0 Å². The summed E-state index contributed by atoms with van der Waals surface area (Å²) in [7, 11) is 0. The van der Waals surface area contributed by atoms with E-state index >= 15 is 0 Å². The highest BCUT2D eigenvalue weighted by atomic mass is 16.6. The predicted molar refractivity (Wildman–Crippen MR) is 293 cm³/mol. The van der Waals surface area contributed by atoms with Crippen LogP contribution in [0.5, 0.6) is 0 Å². The summed E-state index contributed by atoms with van der Waals surface area (Å²) in [6.45, 7) is 11.5. The zero-order valence-corrected chi connectivity index (χ0v) is 46.7. The van der Waals surface area contributed by atoms with Crippen LogP contribution in [0.3, 0.4) is 0 Å². The zero-order valence-electron chi connectivity index (χ0n) is 46.7. The van der Waals surface area contributed by atoms with Crippen molar-refractivity contribution in [3.63, 3.8) is 0 Å². The Kier molecular flexibility index (Phi) is 53.5. The van der Waals surface area contributed by atoms with Gasteiger partial charge in [0.25, 0.3) is 0 Å². The largest absolute Gasteiger partial charge is 0.462 e. The summed E-state index contributed by atoms with van der Waals surface area (Å²) in [6, 6.07) is 0. The number of rotatable bonds is 56. The van der Waals surface area contributed by atoms with Crippen molar-refractivity contribution in [1.29, 1.82) is 0 Å². The molecule has 0 aromatic heterocycles. The molecule has 0 heterocycles. The monoisotopic (exact) mass is 961 g/mol. The van der Waals surface area contributed by atoms with Crippen LogP contribution in [0.2, 0.25) is 0 Å². The lowest BCUT2D eigenvalue weighted by atomic mass is 9.99. The molecule has 0 saturated heterocycles. The zero-order chi connectivity index (χ0) is 49.6. The molecule has 404 valence electrons. The van der Waals surface area contributed by atoms with Gasteiger partial charge in [0.1, 0.15) is 13.2 Å². The third-order valence-electron chi connectivity index (χ3n) is 14.9. The SMILES string of the molecule is CCCCCCCCCCCCC(=O)O[C@@H](COC(=O)CCCCCCCCCCCCCCCCCCCCC(C)CC)COC(=O)CCCCCCCCCCCCCCCCC(C)CC. The summed E-state index contributed by atoms with van der Waals surface area (Å²) in [4.78, 5) is 38.1. The summed E-state index contributed by atoms with van der Waals surface area (Å²) in [6.07, 6.45) is 59.5. The number of hydrogen-bond donors (Lipinski definition) is 0. The molecule has 0 rings (SSSR count). The first-order valence-electron chi connectivity index (χ1n) is 30.8. The first-order valence-corrected chi connectivity index (χ1v) is 30.8. The van der Waals surface area contributed by atoms with Gasteiger partial charge in [0, 0.05) is 19.3 Å². The van der Waals surface area contributed by atoms with Crippen molar-refractivity contribution in [1.82, 2.24) is 0 Å². The molecule has 0 N–H and O–H groups in total. The maximum atomic E-state index is 12.8. The van der Waals surface area contributed by atoms with Crippen LogP contribution in [0.1, 0.15) is 349 Å². The van der Waals surface area contributed by atoms with Gasteiger partial charge in [-0.15, -0.1) is 0 Å². The lowest BCUT2D eigenvalue weighted by Gasteiger charge is -2.18. The second kappa shape index (κ2) is 54.7. The summed E-state index contributed by atoms with van der Waals surface area (Å²) in [5.74, 6) is 0.969. The highest BCUT2D eigenvalue weighted by molar-refractivity contribution is 5.71. The highest BCUT2D eigenvalue weighted by Crippen LogP contribution is 2.19. The van der Waals surface area contributed by atoms with Gasteiger partial charge >= 0.3 is 17.9 Å². The topological polar surface area (TPSA) is 78.9 Å². The minimum Gasteiger partial charge on any atom is -0.462 e. The molecule has 0 radical (unpaired) electrons. The molecular weight excluding hydrogens is 841 g/mol. The second-order valence-electron chi connectivity index (χ2n) is 21.8. The summed E-state index contributed by atoms with van der Waals surface area (Å²) in [5.41, 5.74) is 0. The minimum atomic E-state index is -0.762. The predicted octanol–water partition coefficient (Wildman–Crippen LogP) is 20.4. The fourth-order valence-corrected chi connectivity index (χ4v) is 9.52. The van der Waals surface area contributed by atoms with Gasteiger partial charge in [-0.05, 0) is 31.1 Å². The molecule has 0 aromatic carbocycles. The quantitative estimate of drug-likeness (QED) is 0.0343. The van der Waals surface area contributed by atoms with E-state index in [9.17, 15) is 14.4 Å². The molecule has 0 aliphatic carbocycles. The Hall–Kier alpha value is -1.59. The van der Waals surface area contributed by atoms with Crippen molar-refractivity contribution in [2.75, 3.05) is 13.2 Å². The number of unbranched alkanes of at least 4 members (excludes halogenated alkanes) is 39. The van der Waals surface area contributed by atoms with Crippen LogP contribution >= 0.6 is 0 Å². The molecule has 68 heavy (non-hydrogen) atoms. The smallest absolute Gasteiger partial charge is 0.306 e. The Bertz CT molecular complexity index is 1040. The van der Waals surface area contributed by atoms with Crippen molar-refractivity contribution < 1.29 is 28.6 Å². The van der Waals surface area contributed by atoms with Gasteiger partial charge in [-0.2, -0.15) is 0 Å². The molecule has 0 aliphatic heterocycles. The molecule has 6 nitrogen and oxygen atoms in total. The van der Waals surface area contributed by atoms with E-state index < -0.39 is 6.10 Å². The number of esters is 3. The Morgan fingerprint density at radius 1 is 0.294 bits per heavy atom. The molecular formula is C62H120O6. The first-order chi connectivity index (χ1) is 33.3. The van der Waals surface area contributed by atoms with E-state index in [2.05, 4.69) is 34.6 Å². The Balaban J connectivity index is 4.17. The number of carbonyl (C=O) groups excluding carboxylic acids is 3. The molecule has 2 unspecified atom stereocenters. The van der Waals surface area contributed by atoms with Crippen LogP contribution in [0.25, 0.3) is 0 Å². The van der Waals surface area contributed by atoms with Crippen molar-refractivity contribution in [2.45, 2.75) is 355 Å². The maximum Gasteiger partial charge on any atom is 0.306 e. The minimum absolute atomic E-state index is 0.0624. The van der Waals surface area contributed by atoms with E-state index in [0.29, 0.717) is 19.3 Å². The van der Waals surface area contributed by atoms with Gasteiger partial charge < -0.3 is 14.2 Å². The first kappa shape index (κ1) is 66.4. The van der Waals surface area contributed by atoms with E-state index in [1.165, 1.54) is 238 Å². The summed E-state index contributed by atoms with van der Waals surface area (Å²) in [5, 5.41) is 0. The van der Waals surface area contributed by atoms with E-state index in [1.807, 2.05) is 0 Å². The van der Waals surface area contributed by atoms with E-state index in [-0.39, 0.29) is 31.1 Å². The molecule has 0 aromatic rings. The van der Waals surface area contributed by atoms with Crippen LogP contribution in [-0.2, 0) is 28.6 Å². The van der Waals surface area contributed by atoms with Crippen molar-refractivity contribution in [3.8, 4) is 0 Å². The van der Waals surface area contributed by atoms with Gasteiger partial charge in [-0.25, -0.2) is 0 Å². The standard InChI is InChI=1S/C62H120O6/c1-6-9-10-11-12-13-32-39-44-49-54-62(65)68-59(56-67-61(64)53-48-43-38-34-29-25-21-20-23-27-31-36-41-46-51-58(5)8-3)55-66-60(63)52-47-42-37-33-28-24-19-17-15-14-16-18-22-26-30-35-40-45-50-57(4)7-2/h57-59H,6-56H2,1-5H3/t57?,58?,59-/m0/s1. The van der Waals surface area contributed by atoms with Crippen LogP contribution in [0, 0.1) is 11.8 Å². The molecule has 0 bridgehead atoms. The van der Waals surface area contributed by atoms with E-state index in [1.54, 1.807) is 0 Å². The molecule has 0 saturated carbocycles. The molecule has 0 fully saturated rings. The van der Waals surface area contributed by atoms with E-state index in [0.717, 1.165) is 69.6 Å². The fraction of sp³-hybridized carbons (Fsp3) is 0.952. The third kappa shape index (κ3) is 52.2. The van der Waals surface area contributed by atoms with Crippen LogP contribution in [-0.4, -0.2) is 37.2 Å². The van der Waals surface area contributed by atoms with E-state index in [4.69, 9.17) is 14.2 Å². The maximum absolute atomic E-state index is 12.8. The average Bonchev–Trinajstić information content (AvgIpc) is 3.34. The number of hydrogen-bond acceptors (Lipinski definition) is 6. The van der Waals surface area contributed by atoms with Gasteiger partial charge in [-0.1, -0.05) is 311 Å². The van der Waals surface area contributed by atoms with Crippen molar-refractivity contribution in [2.24, 2.45) is 11.8 Å². The molecule has 3 atom stereocenters. The van der Waals surface area contributed by atoms with Gasteiger partial charge in [0.15, 0.2) is 6.10 Å². The van der Waals surface area contributed by atoms with Crippen molar-refractivity contribution in [3.05, 3.63) is 0 Å². The van der Waals surface area contributed by atoms with Crippen LogP contribution in [0.15, 0.2) is 0 Å². The summed E-state index contributed by atoms with van der Waals surface area (Å²) >= 11 is 0. The molecule has 0 aliphatic rings.